The smallest absolute Gasteiger partial charge is 0.274 e. The molecule has 1 aromatic heterocycles. The number of piperidine rings is 1. The molecule has 0 aromatic carbocycles. The normalized spacial score (nSPS) is 30.0. The van der Waals surface area contributed by atoms with E-state index in [2.05, 4.69) is 27.1 Å². The van der Waals surface area contributed by atoms with Crippen molar-refractivity contribution >= 4 is 18.3 Å². The zero-order valence-corrected chi connectivity index (χ0v) is 15.9. The van der Waals surface area contributed by atoms with Crippen molar-refractivity contribution in [3.05, 3.63) is 18.0 Å². The summed E-state index contributed by atoms with van der Waals surface area (Å²) >= 11 is 0. The summed E-state index contributed by atoms with van der Waals surface area (Å²) in [6, 6.07) is 3.17. The molecule has 1 N–H and O–H groups in total. The average Bonchev–Trinajstić information content (AvgIpc) is 3.29. The summed E-state index contributed by atoms with van der Waals surface area (Å²) in [5.41, 5.74) is 0.616. The van der Waals surface area contributed by atoms with Crippen LogP contribution in [0, 0.1) is 0 Å². The monoisotopic (exact) mass is 367 g/mol. The second-order valence-corrected chi connectivity index (χ2v) is 7.49. The van der Waals surface area contributed by atoms with Gasteiger partial charge in [-0.1, -0.05) is 6.92 Å². The molecule has 0 aliphatic carbocycles. The number of rotatable bonds is 3. The van der Waals surface area contributed by atoms with Crippen LogP contribution < -0.4 is 5.32 Å². The van der Waals surface area contributed by atoms with Gasteiger partial charge in [-0.2, -0.15) is 5.10 Å². The predicted molar refractivity (Wildman–Crippen MR) is 100 cm³/mol. The lowest BCUT2D eigenvalue weighted by atomic mass is 10.0. The van der Waals surface area contributed by atoms with E-state index in [4.69, 9.17) is 0 Å². The number of piperazine rings is 1. The van der Waals surface area contributed by atoms with Gasteiger partial charge in [0, 0.05) is 37.9 Å². The maximum atomic E-state index is 13.1. The Morgan fingerprint density at radius 2 is 2.12 bits per heavy atom. The van der Waals surface area contributed by atoms with Gasteiger partial charge in [-0.15, -0.1) is 12.4 Å². The molecule has 3 aliphatic heterocycles. The molecule has 6 nitrogen and oxygen atoms in total. The first-order chi connectivity index (χ1) is 11.8. The summed E-state index contributed by atoms with van der Waals surface area (Å²) in [5, 5.41) is 8.05. The number of nitrogens with one attached hydrogen (secondary N) is 1. The number of nitrogens with zero attached hydrogens (tertiary/aromatic N) is 4. The molecule has 3 aliphatic rings. The van der Waals surface area contributed by atoms with Crippen molar-refractivity contribution < 1.29 is 4.79 Å². The molecule has 4 rings (SSSR count). The summed E-state index contributed by atoms with van der Waals surface area (Å²) in [6.45, 7) is 7.33. The van der Waals surface area contributed by atoms with E-state index in [9.17, 15) is 4.79 Å². The summed E-state index contributed by atoms with van der Waals surface area (Å²) in [7, 11) is 0. The highest BCUT2D eigenvalue weighted by atomic mass is 35.5. The van der Waals surface area contributed by atoms with Gasteiger partial charge < -0.3 is 10.2 Å². The van der Waals surface area contributed by atoms with Crippen molar-refractivity contribution in [1.82, 2.24) is 24.9 Å². The Kier molecular flexibility index (Phi) is 6.02. The Balaban J connectivity index is 0.00000182. The molecule has 0 bridgehead atoms. The number of carbonyl (C=O) groups is 1. The lowest BCUT2D eigenvalue weighted by Crippen LogP contribution is -2.57. The topological polar surface area (TPSA) is 53.4 Å². The minimum Gasteiger partial charge on any atom is -0.331 e. The van der Waals surface area contributed by atoms with E-state index in [-0.39, 0.29) is 18.3 Å². The molecule has 1 amide bonds. The minimum absolute atomic E-state index is 0. The van der Waals surface area contributed by atoms with Gasteiger partial charge in [0.05, 0.1) is 6.04 Å². The van der Waals surface area contributed by atoms with Crippen molar-refractivity contribution in [2.24, 2.45) is 0 Å². The zero-order chi connectivity index (χ0) is 16.5. The summed E-state index contributed by atoms with van der Waals surface area (Å²) in [5.74, 6) is 0.121. The van der Waals surface area contributed by atoms with Gasteiger partial charge in [-0.3, -0.25) is 14.4 Å². The molecule has 3 atom stereocenters. The SMILES string of the molecule is CCC1CN2CCCC2CN1C(=O)c1ccn(C2CCCNC2)n1.Cl. The zero-order valence-electron chi connectivity index (χ0n) is 15.1. The molecular formula is C18H30ClN5O. The van der Waals surface area contributed by atoms with Crippen LogP contribution in [0.2, 0.25) is 0 Å². The molecular weight excluding hydrogens is 338 g/mol. The second-order valence-electron chi connectivity index (χ2n) is 7.49. The number of fused-ring (bicyclic) bond motifs is 1. The van der Waals surface area contributed by atoms with Gasteiger partial charge >= 0.3 is 0 Å². The fourth-order valence-electron chi connectivity index (χ4n) is 4.55. The van der Waals surface area contributed by atoms with Gasteiger partial charge in [-0.25, -0.2) is 0 Å². The van der Waals surface area contributed by atoms with E-state index < -0.39 is 0 Å². The van der Waals surface area contributed by atoms with Gasteiger partial charge in [0.2, 0.25) is 0 Å². The van der Waals surface area contributed by atoms with E-state index in [1.54, 1.807) is 0 Å². The third kappa shape index (κ3) is 3.71. The molecule has 7 heteroatoms. The number of amides is 1. The molecule has 0 radical (unpaired) electrons. The molecule has 3 fully saturated rings. The molecule has 0 saturated carbocycles. The highest BCUT2D eigenvalue weighted by molar-refractivity contribution is 5.92. The van der Waals surface area contributed by atoms with Crippen LogP contribution in [0.4, 0.5) is 0 Å². The Labute approximate surface area is 156 Å². The molecule has 140 valence electrons. The number of hydrogen-bond donors (Lipinski definition) is 1. The third-order valence-electron chi connectivity index (χ3n) is 6.00. The summed E-state index contributed by atoms with van der Waals surface area (Å²) < 4.78 is 1.99. The number of carbonyl (C=O) groups excluding carboxylic acids is 1. The van der Waals surface area contributed by atoms with Crippen molar-refractivity contribution in [1.29, 1.82) is 0 Å². The predicted octanol–water partition coefficient (Wildman–Crippen LogP) is 1.93. The fraction of sp³-hybridized carbons (Fsp3) is 0.778. The highest BCUT2D eigenvalue weighted by Crippen LogP contribution is 2.27. The van der Waals surface area contributed by atoms with Crippen LogP contribution in [-0.4, -0.2) is 70.3 Å². The highest BCUT2D eigenvalue weighted by Gasteiger charge is 2.38. The lowest BCUT2D eigenvalue weighted by Gasteiger charge is -2.43. The first kappa shape index (κ1) is 18.7. The van der Waals surface area contributed by atoms with Gasteiger partial charge in [0.25, 0.3) is 5.91 Å². The largest absolute Gasteiger partial charge is 0.331 e. The van der Waals surface area contributed by atoms with Crippen LogP contribution in [0.1, 0.15) is 55.6 Å². The second kappa shape index (κ2) is 8.06. The van der Waals surface area contributed by atoms with E-state index in [1.165, 1.54) is 25.8 Å². The lowest BCUT2D eigenvalue weighted by molar-refractivity contribution is 0.0339. The number of halogens is 1. The molecule has 0 spiro atoms. The quantitative estimate of drug-likeness (QED) is 0.886. The van der Waals surface area contributed by atoms with E-state index in [1.807, 2.05) is 16.9 Å². The van der Waals surface area contributed by atoms with E-state index in [0.29, 0.717) is 23.8 Å². The van der Waals surface area contributed by atoms with Gasteiger partial charge in [0.1, 0.15) is 5.69 Å². The molecule has 3 saturated heterocycles. The van der Waals surface area contributed by atoms with Crippen LogP contribution in [0.5, 0.6) is 0 Å². The molecule has 25 heavy (non-hydrogen) atoms. The maximum absolute atomic E-state index is 13.1. The van der Waals surface area contributed by atoms with Crippen molar-refractivity contribution in [2.75, 3.05) is 32.7 Å². The Morgan fingerprint density at radius 3 is 2.88 bits per heavy atom. The van der Waals surface area contributed by atoms with Gasteiger partial charge in [0.15, 0.2) is 0 Å². The van der Waals surface area contributed by atoms with Crippen LogP contribution in [0.15, 0.2) is 12.3 Å². The van der Waals surface area contributed by atoms with Crippen LogP contribution in [-0.2, 0) is 0 Å². The van der Waals surface area contributed by atoms with Crippen LogP contribution in [0.3, 0.4) is 0 Å². The fourth-order valence-corrected chi connectivity index (χ4v) is 4.55. The molecule has 1 aromatic rings. The average molecular weight is 368 g/mol. The first-order valence-corrected chi connectivity index (χ1v) is 9.57. The molecule has 3 unspecified atom stereocenters. The summed E-state index contributed by atoms with van der Waals surface area (Å²) in [6.07, 6.45) is 7.81. The van der Waals surface area contributed by atoms with Gasteiger partial charge in [-0.05, 0) is 51.3 Å². The Morgan fingerprint density at radius 1 is 1.28 bits per heavy atom. The van der Waals surface area contributed by atoms with E-state index in [0.717, 1.165) is 39.0 Å². The number of hydrogen-bond acceptors (Lipinski definition) is 4. The standard InChI is InChI=1S/C18H29N5O.ClH/c1-2-14-12-21-9-4-6-16(21)13-22(14)18(24)17-7-10-23(20-17)15-5-3-8-19-11-15;/h7,10,14-16,19H,2-6,8-9,11-13H2,1H3;1H. The van der Waals surface area contributed by atoms with Crippen LogP contribution >= 0.6 is 12.4 Å². The van der Waals surface area contributed by atoms with Crippen molar-refractivity contribution in [3.8, 4) is 0 Å². The third-order valence-corrected chi connectivity index (χ3v) is 6.00. The first-order valence-electron chi connectivity index (χ1n) is 9.57. The molecule has 4 heterocycles. The Hall–Kier alpha value is -1.11. The number of aromatic nitrogens is 2. The maximum Gasteiger partial charge on any atom is 0.274 e. The Bertz CT molecular complexity index is 586. The minimum atomic E-state index is 0. The summed E-state index contributed by atoms with van der Waals surface area (Å²) in [4.78, 5) is 17.7. The van der Waals surface area contributed by atoms with Crippen LogP contribution in [0.25, 0.3) is 0 Å². The van der Waals surface area contributed by atoms with Crippen molar-refractivity contribution in [2.45, 2.75) is 57.2 Å². The van der Waals surface area contributed by atoms with Crippen molar-refractivity contribution in [3.63, 3.8) is 0 Å². The van der Waals surface area contributed by atoms with E-state index >= 15 is 0 Å².